The van der Waals surface area contributed by atoms with Crippen LogP contribution in [0.4, 0.5) is 0 Å². The van der Waals surface area contributed by atoms with Crippen molar-refractivity contribution in [1.82, 2.24) is 20.0 Å². The summed E-state index contributed by atoms with van der Waals surface area (Å²) in [7, 11) is 5.78. The van der Waals surface area contributed by atoms with Crippen LogP contribution in [0, 0.1) is 0 Å². The third-order valence-corrected chi connectivity index (χ3v) is 3.38. The quantitative estimate of drug-likeness (QED) is 0.803. The van der Waals surface area contributed by atoms with Crippen molar-refractivity contribution < 1.29 is 9.15 Å². The fraction of sp³-hybridized carbons (Fsp3) is 0.533. The van der Waals surface area contributed by atoms with Crippen molar-refractivity contribution in [3.8, 4) is 5.75 Å². The van der Waals surface area contributed by atoms with E-state index < -0.39 is 0 Å². The molecule has 0 aliphatic carbocycles. The topological polar surface area (TPSA) is 55.5 Å². The monoisotopic (exact) mass is 292 g/mol. The van der Waals surface area contributed by atoms with Gasteiger partial charge in [-0.15, -0.1) is 0 Å². The lowest BCUT2D eigenvalue weighted by Gasteiger charge is -2.20. The number of aromatic nitrogens is 2. The van der Waals surface area contributed by atoms with Gasteiger partial charge in [-0.25, -0.2) is 0 Å². The van der Waals surface area contributed by atoms with Gasteiger partial charge in [0.25, 0.3) is 0 Å². The Morgan fingerprint density at radius 2 is 2.29 bits per heavy atom. The lowest BCUT2D eigenvalue weighted by Crippen LogP contribution is -2.27. The first-order valence-corrected chi connectivity index (χ1v) is 7.17. The van der Waals surface area contributed by atoms with E-state index in [4.69, 9.17) is 9.15 Å². The van der Waals surface area contributed by atoms with Gasteiger partial charge >= 0.3 is 0 Å². The summed E-state index contributed by atoms with van der Waals surface area (Å²) in [4.78, 5) is 2.14. The Hall–Kier alpha value is -1.79. The molecule has 6 nitrogen and oxygen atoms in total. The van der Waals surface area contributed by atoms with Crippen LogP contribution in [0.3, 0.4) is 0 Å². The van der Waals surface area contributed by atoms with Gasteiger partial charge in [-0.3, -0.25) is 4.68 Å². The van der Waals surface area contributed by atoms with Gasteiger partial charge in [0.05, 0.1) is 38.4 Å². The van der Waals surface area contributed by atoms with E-state index in [0.717, 1.165) is 36.6 Å². The SMILES string of the molecule is CCNC(c1ccoc1)c1c(OC)cnn1CCN(C)C. The number of rotatable bonds is 8. The number of nitrogens with one attached hydrogen (secondary N) is 1. The molecule has 2 rings (SSSR count). The maximum absolute atomic E-state index is 5.49. The Morgan fingerprint density at radius 1 is 1.48 bits per heavy atom. The summed E-state index contributed by atoms with van der Waals surface area (Å²) in [6.07, 6.45) is 5.22. The van der Waals surface area contributed by atoms with Gasteiger partial charge in [0.1, 0.15) is 5.69 Å². The minimum Gasteiger partial charge on any atom is -0.493 e. The normalized spacial score (nSPS) is 12.8. The molecule has 2 aromatic rings. The molecule has 0 radical (unpaired) electrons. The third-order valence-electron chi connectivity index (χ3n) is 3.38. The highest BCUT2D eigenvalue weighted by Crippen LogP contribution is 2.30. The molecule has 2 aromatic heterocycles. The summed E-state index contributed by atoms with van der Waals surface area (Å²) in [6, 6.07) is 1.98. The molecule has 2 heterocycles. The predicted molar refractivity (Wildman–Crippen MR) is 81.6 cm³/mol. The molecule has 0 bridgehead atoms. The zero-order valence-corrected chi connectivity index (χ0v) is 13.2. The molecule has 6 heteroatoms. The number of ether oxygens (including phenoxy) is 1. The largest absolute Gasteiger partial charge is 0.493 e. The van der Waals surface area contributed by atoms with Crippen LogP contribution in [0.15, 0.2) is 29.2 Å². The van der Waals surface area contributed by atoms with Gasteiger partial charge in [0.15, 0.2) is 5.75 Å². The molecule has 1 atom stereocenters. The number of nitrogens with zero attached hydrogens (tertiary/aromatic N) is 3. The van der Waals surface area contributed by atoms with Crippen molar-refractivity contribution in [1.29, 1.82) is 0 Å². The Kier molecular flexibility index (Phi) is 5.41. The van der Waals surface area contributed by atoms with Crippen LogP contribution in [0.25, 0.3) is 0 Å². The number of methoxy groups -OCH3 is 1. The summed E-state index contributed by atoms with van der Waals surface area (Å²) in [5.41, 5.74) is 2.10. The average molecular weight is 292 g/mol. The van der Waals surface area contributed by atoms with Gasteiger partial charge in [0.2, 0.25) is 0 Å². The van der Waals surface area contributed by atoms with E-state index >= 15 is 0 Å². The van der Waals surface area contributed by atoms with Crippen molar-refractivity contribution >= 4 is 0 Å². The van der Waals surface area contributed by atoms with Gasteiger partial charge in [-0.1, -0.05) is 6.92 Å². The van der Waals surface area contributed by atoms with Gasteiger partial charge < -0.3 is 19.4 Å². The van der Waals surface area contributed by atoms with Crippen molar-refractivity contribution in [3.05, 3.63) is 36.0 Å². The second kappa shape index (κ2) is 7.28. The smallest absolute Gasteiger partial charge is 0.161 e. The van der Waals surface area contributed by atoms with Gasteiger partial charge in [0, 0.05) is 12.1 Å². The first-order chi connectivity index (χ1) is 10.2. The lowest BCUT2D eigenvalue weighted by atomic mass is 10.1. The minimum atomic E-state index is 0.00774. The molecular formula is C15H24N4O2. The summed E-state index contributed by atoms with van der Waals surface area (Å²) >= 11 is 0. The third kappa shape index (κ3) is 3.65. The van der Waals surface area contributed by atoms with Crippen LogP contribution < -0.4 is 10.1 Å². The van der Waals surface area contributed by atoms with Crippen LogP contribution in [-0.4, -0.2) is 49.0 Å². The molecule has 0 aliphatic heterocycles. The molecule has 0 spiro atoms. The molecule has 0 saturated carbocycles. The zero-order valence-electron chi connectivity index (χ0n) is 13.2. The number of likely N-dealkylation sites (N-methyl/N-ethyl adjacent to an activating group) is 1. The molecule has 21 heavy (non-hydrogen) atoms. The zero-order chi connectivity index (χ0) is 15.2. The van der Waals surface area contributed by atoms with Crippen molar-refractivity contribution in [2.75, 3.05) is 34.3 Å². The molecule has 0 aliphatic rings. The van der Waals surface area contributed by atoms with Gasteiger partial charge in [-0.05, 0) is 26.7 Å². The summed E-state index contributed by atoms with van der Waals surface area (Å²) in [5.74, 6) is 0.793. The maximum Gasteiger partial charge on any atom is 0.161 e. The minimum absolute atomic E-state index is 0.00774. The van der Waals surface area contributed by atoms with Crippen molar-refractivity contribution in [2.24, 2.45) is 0 Å². The maximum atomic E-state index is 5.49. The standard InChI is InChI=1S/C15H24N4O2/c1-5-16-14(12-6-9-21-11-12)15-13(20-4)10-17-19(15)8-7-18(2)3/h6,9-11,14,16H,5,7-8H2,1-4H3. The molecular weight excluding hydrogens is 268 g/mol. The fourth-order valence-corrected chi connectivity index (χ4v) is 2.31. The first kappa shape index (κ1) is 15.6. The fourth-order valence-electron chi connectivity index (χ4n) is 2.31. The molecule has 0 amide bonds. The highest BCUT2D eigenvalue weighted by molar-refractivity contribution is 5.35. The van der Waals surface area contributed by atoms with Crippen LogP contribution in [0.5, 0.6) is 5.75 Å². The molecule has 1 N–H and O–H groups in total. The number of hydrogen-bond acceptors (Lipinski definition) is 5. The predicted octanol–water partition coefficient (Wildman–Crippen LogP) is 1.75. The van der Waals surface area contributed by atoms with E-state index in [1.807, 2.05) is 10.7 Å². The first-order valence-electron chi connectivity index (χ1n) is 7.17. The Labute approximate surface area is 125 Å². The van der Waals surface area contributed by atoms with E-state index in [9.17, 15) is 0 Å². The number of hydrogen-bond donors (Lipinski definition) is 1. The van der Waals surface area contributed by atoms with E-state index in [1.165, 1.54) is 0 Å². The van der Waals surface area contributed by atoms with E-state index in [2.05, 4.69) is 36.3 Å². The van der Waals surface area contributed by atoms with E-state index in [0.29, 0.717) is 0 Å². The van der Waals surface area contributed by atoms with Crippen LogP contribution in [-0.2, 0) is 6.54 Å². The lowest BCUT2D eigenvalue weighted by molar-refractivity contribution is 0.359. The second-order valence-electron chi connectivity index (χ2n) is 5.17. The highest BCUT2D eigenvalue weighted by atomic mass is 16.5. The van der Waals surface area contributed by atoms with Gasteiger partial charge in [-0.2, -0.15) is 5.10 Å². The Morgan fingerprint density at radius 3 is 2.86 bits per heavy atom. The number of furan rings is 1. The second-order valence-corrected chi connectivity index (χ2v) is 5.17. The summed E-state index contributed by atoms with van der Waals surface area (Å²) in [5, 5.41) is 7.94. The molecule has 116 valence electrons. The Balaban J connectivity index is 2.35. The summed E-state index contributed by atoms with van der Waals surface area (Å²) in [6.45, 7) is 4.66. The van der Waals surface area contributed by atoms with Crippen molar-refractivity contribution in [2.45, 2.75) is 19.5 Å². The molecule has 0 saturated heterocycles. The molecule has 0 fully saturated rings. The van der Waals surface area contributed by atoms with Crippen molar-refractivity contribution in [3.63, 3.8) is 0 Å². The Bertz CT molecular complexity index is 534. The van der Waals surface area contributed by atoms with E-state index in [-0.39, 0.29) is 6.04 Å². The van der Waals surface area contributed by atoms with Crippen LogP contribution >= 0.6 is 0 Å². The van der Waals surface area contributed by atoms with Crippen LogP contribution in [0.1, 0.15) is 24.2 Å². The molecule has 1 unspecified atom stereocenters. The van der Waals surface area contributed by atoms with Crippen LogP contribution in [0.2, 0.25) is 0 Å². The molecule has 0 aromatic carbocycles. The average Bonchev–Trinajstić information content (AvgIpc) is 3.11. The van der Waals surface area contributed by atoms with E-state index in [1.54, 1.807) is 25.8 Å². The summed E-state index contributed by atoms with van der Waals surface area (Å²) < 4.78 is 12.7. The highest BCUT2D eigenvalue weighted by Gasteiger charge is 2.23.